The Bertz CT molecular complexity index is 283. The molecule has 0 radical (unpaired) electrons. The van der Waals surface area contributed by atoms with Crippen LogP contribution in [0.1, 0.15) is 51.9 Å². The highest BCUT2D eigenvalue weighted by Gasteiger charge is 2.35. The summed E-state index contributed by atoms with van der Waals surface area (Å²) in [6.07, 6.45) is 6.58. The van der Waals surface area contributed by atoms with E-state index in [0.29, 0.717) is 13.0 Å². The van der Waals surface area contributed by atoms with E-state index in [2.05, 4.69) is 10.5 Å². The minimum atomic E-state index is -0.147. The van der Waals surface area contributed by atoms with Crippen LogP contribution in [0.2, 0.25) is 0 Å². The Kier molecular flexibility index (Phi) is 5.25. The zero-order valence-electron chi connectivity index (χ0n) is 10.5. The van der Waals surface area contributed by atoms with Crippen molar-refractivity contribution >= 4 is 11.7 Å². The molecule has 0 aromatic heterocycles. The lowest BCUT2D eigenvalue weighted by molar-refractivity contribution is -0.129. The largest absolute Gasteiger partial charge is 0.409 e. The number of nitrogens with zero attached hydrogens (tertiary/aromatic N) is 1. The molecule has 17 heavy (non-hydrogen) atoms. The van der Waals surface area contributed by atoms with Gasteiger partial charge >= 0.3 is 0 Å². The zero-order valence-corrected chi connectivity index (χ0v) is 10.5. The highest BCUT2D eigenvalue weighted by Crippen LogP contribution is 2.37. The molecule has 0 saturated heterocycles. The van der Waals surface area contributed by atoms with E-state index in [-0.39, 0.29) is 17.2 Å². The first-order chi connectivity index (χ1) is 8.08. The molecule has 1 aliphatic rings. The predicted octanol–water partition coefficient (Wildman–Crippen LogP) is 1.60. The summed E-state index contributed by atoms with van der Waals surface area (Å²) in [6, 6.07) is 0. The average Bonchev–Trinajstić information content (AvgIpc) is 2.76. The second kappa shape index (κ2) is 6.47. The van der Waals surface area contributed by atoms with Gasteiger partial charge in [-0.2, -0.15) is 0 Å². The Labute approximate surface area is 102 Å². The molecule has 98 valence electrons. The lowest BCUT2D eigenvalue weighted by Gasteiger charge is -2.22. The van der Waals surface area contributed by atoms with E-state index >= 15 is 0 Å². The van der Waals surface area contributed by atoms with Crippen molar-refractivity contribution < 1.29 is 10.0 Å². The highest BCUT2D eigenvalue weighted by atomic mass is 16.4. The molecule has 1 aliphatic carbocycles. The highest BCUT2D eigenvalue weighted by molar-refractivity contribution is 5.82. The molecule has 0 atom stereocenters. The lowest BCUT2D eigenvalue weighted by Crippen LogP contribution is -2.37. The standard InChI is InChI=1S/C12H23N3O2/c1-12(7-3-4-8-12)11(16)14-9-5-2-6-10(13)15-17/h17H,2-9H2,1H3,(H2,13,15)(H,14,16). The van der Waals surface area contributed by atoms with E-state index in [1.165, 1.54) is 0 Å². The minimum absolute atomic E-state index is 0.147. The normalized spacial score (nSPS) is 19.2. The summed E-state index contributed by atoms with van der Waals surface area (Å²) in [4.78, 5) is 11.9. The van der Waals surface area contributed by atoms with Crippen LogP contribution in [0, 0.1) is 5.41 Å². The third kappa shape index (κ3) is 4.24. The van der Waals surface area contributed by atoms with Gasteiger partial charge in [0.1, 0.15) is 5.84 Å². The number of carbonyl (C=O) groups is 1. The van der Waals surface area contributed by atoms with Crippen molar-refractivity contribution in [3.8, 4) is 0 Å². The Morgan fingerprint density at radius 3 is 2.65 bits per heavy atom. The van der Waals surface area contributed by atoms with Crippen molar-refractivity contribution in [2.45, 2.75) is 51.9 Å². The summed E-state index contributed by atoms with van der Waals surface area (Å²) in [5, 5.41) is 14.2. The molecule has 4 N–H and O–H groups in total. The maximum absolute atomic E-state index is 11.9. The fourth-order valence-electron chi connectivity index (χ4n) is 2.28. The first kappa shape index (κ1) is 13.8. The maximum atomic E-state index is 11.9. The Hall–Kier alpha value is -1.26. The molecule has 5 heteroatoms. The van der Waals surface area contributed by atoms with Gasteiger partial charge in [-0.3, -0.25) is 4.79 Å². The molecule has 0 aliphatic heterocycles. The predicted molar refractivity (Wildman–Crippen MR) is 66.8 cm³/mol. The van der Waals surface area contributed by atoms with Crippen LogP contribution in [0.3, 0.4) is 0 Å². The Morgan fingerprint density at radius 2 is 2.06 bits per heavy atom. The van der Waals surface area contributed by atoms with Gasteiger partial charge in [0.25, 0.3) is 0 Å². The van der Waals surface area contributed by atoms with Crippen LogP contribution in [-0.2, 0) is 4.79 Å². The Balaban J connectivity index is 2.12. The van der Waals surface area contributed by atoms with Crippen LogP contribution in [0.5, 0.6) is 0 Å². The van der Waals surface area contributed by atoms with Gasteiger partial charge in [-0.05, 0) is 25.7 Å². The third-order valence-corrected chi connectivity index (χ3v) is 3.53. The zero-order chi connectivity index (χ0) is 12.7. The van der Waals surface area contributed by atoms with Gasteiger partial charge in [0.15, 0.2) is 0 Å². The molecule has 0 spiro atoms. The van der Waals surface area contributed by atoms with E-state index in [1.54, 1.807) is 0 Å². The van der Waals surface area contributed by atoms with Gasteiger partial charge in [-0.15, -0.1) is 0 Å². The van der Waals surface area contributed by atoms with E-state index in [9.17, 15) is 4.79 Å². The minimum Gasteiger partial charge on any atom is -0.409 e. The summed E-state index contributed by atoms with van der Waals surface area (Å²) in [7, 11) is 0. The number of oxime groups is 1. The third-order valence-electron chi connectivity index (χ3n) is 3.53. The van der Waals surface area contributed by atoms with Gasteiger partial charge < -0.3 is 16.3 Å². The number of nitrogens with two attached hydrogens (primary N) is 1. The van der Waals surface area contributed by atoms with Gasteiger partial charge in [0.05, 0.1) is 0 Å². The number of carbonyl (C=O) groups excluding carboxylic acids is 1. The van der Waals surface area contributed by atoms with Crippen molar-refractivity contribution in [1.82, 2.24) is 5.32 Å². The number of unbranched alkanes of at least 4 members (excludes halogenated alkanes) is 1. The van der Waals surface area contributed by atoms with Crippen molar-refractivity contribution in [3.63, 3.8) is 0 Å². The van der Waals surface area contributed by atoms with Crippen LogP contribution in [0.4, 0.5) is 0 Å². The quantitative estimate of drug-likeness (QED) is 0.217. The second-order valence-corrected chi connectivity index (χ2v) is 5.07. The molecule has 5 nitrogen and oxygen atoms in total. The second-order valence-electron chi connectivity index (χ2n) is 5.07. The first-order valence-corrected chi connectivity index (χ1v) is 6.33. The van der Waals surface area contributed by atoms with Crippen molar-refractivity contribution in [2.75, 3.05) is 6.54 Å². The number of amidine groups is 1. The summed E-state index contributed by atoms with van der Waals surface area (Å²) in [5.74, 6) is 0.429. The monoisotopic (exact) mass is 241 g/mol. The van der Waals surface area contributed by atoms with Crippen molar-refractivity contribution in [3.05, 3.63) is 0 Å². The molecule has 0 aromatic rings. The van der Waals surface area contributed by atoms with Gasteiger partial charge in [0, 0.05) is 18.4 Å². The SMILES string of the molecule is CC1(C(=O)NCCCCC(N)=NO)CCCC1. The van der Waals surface area contributed by atoms with Crippen molar-refractivity contribution in [2.24, 2.45) is 16.3 Å². The number of rotatable bonds is 6. The summed E-state index contributed by atoms with van der Waals surface area (Å²) >= 11 is 0. The molecular formula is C12H23N3O2. The smallest absolute Gasteiger partial charge is 0.225 e. The molecule has 0 unspecified atom stereocenters. The average molecular weight is 241 g/mol. The van der Waals surface area contributed by atoms with E-state index in [4.69, 9.17) is 10.9 Å². The van der Waals surface area contributed by atoms with Crippen LogP contribution in [0.15, 0.2) is 5.16 Å². The van der Waals surface area contributed by atoms with Gasteiger partial charge in [0.2, 0.25) is 5.91 Å². The molecular weight excluding hydrogens is 218 g/mol. The number of hydrogen-bond donors (Lipinski definition) is 3. The number of hydrogen-bond acceptors (Lipinski definition) is 3. The van der Waals surface area contributed by atoms with E-state index in [0.717, 1.165) is 38.5 Å². The molecule has 1 saturated carbocycles. The fraction of sp³-hybridized carbons (Fsp3) is 0.833. The fourth-order valence-corrected chi connectivity index (χ4v) is 2.28. The van der Waals surface area contributed by atoms with Crippen LogP contribution >= 0.6 is 0 Å². The van der Waals surface area contributed by atoms with Crippen LogP contribution in [0.25, 0.3) is 0 Å². The van der Waals surface area contributed by atoms with Crippen LogP contribution < -0.4 is 11.1 Å². The van der Waals surface area contributed by atoms with Gasteiger partial charge in [-0.1, -0.05) is 24.9 Å². The molecule has 0 bridgehead atoms. The van der Waals surface area contributed by atoms with E-state index in [1.807, 2.05) is 6.92 Å². The molecule has 0 heterocycles. The number of nitrogens with one attached hydrogen (secondary N) is 1. The lowest BCUT2D eigenvalue weighted by atomic mass is 9.88. The maximum Gasteiger partial charge on any atom is 0.225 e. The molecule has 1 amide bonds. The molecule has 0 aromatic carbocycles. The first-order valence-electron chi connectivity index (χ1n) is 6.33. The van der Waals surface area contributed by atoms with Gasteiger partial charge in [-0.25, -0.2) is 0 Å². The number of amides is 1. The van der Waals surface area contributed by atoms with E-state index < -0.39 is 0 Å². The summed E-state index contributed by atoms with van der Waals surface area (Å²) in [5.41, 5.74) is 5.20. The molecule has 1 fully saturated rings. The van der Waals surface area contributed by atoms with Crippen molar-refractivity contribution in [1.29, 1.82) is 0 Å². The summed E-state index contributed by atoms with van der Waals surface area (Å²) in [6.45, 7) is 2.72. The Morgan fingerprint density at radius 1 is 1.41 bits per heavy atom. The van der Waals surface area contributed by atoms with Crippen LogP contribution in [-0.4, -0.2) is 23.5 Å². The summed E-state index contributed by atoms with van der Waals surface area (Å²) < 4.78 is 0. The molecule has 1 rings (SSSR count). The topological polar surface area (TPSA) is 87.7 Å².